The van der Waals surface area contributed by atoms with E-state index in [0.717, 1.165) is 18.5 Å². The summed E-state index contributed by atoms with van der Waals surface area (Å²) in [5, 5.41) is 9.04. The Kier molecular flexibility index (Phi) is 2.53. The Balaban J connectivity index is 1.88. The minimum atomic E-state index is -0.290. The monoisotopic (exact) mass is 235 g/mol. The molecule has 1 amide bonds. The predicted molar refractivity (Wildman–Crippen MR) is 59.0 cm³/mol. The quantitative estimate of drug-likeness (QED) is 0.800. The maximum Gasteiger partial charge on any atom is 0.297 e. The Morgan fingerprint density at radius 2 is 2.41 bits per heavy atom. The van der Waals surface area contributed by atoms with E-state index in [9.17, 15) is 4.79 Å². The van der Waals surface area contributed by atoms with Crippen LogP contribution in [0.4, 0.5) is 0 Å². The molecule has 0 bridgehead atoms. The van der Waals surface area contributed by atoms with Gasteiger partial charge in [-0.3, -0.25) is 4.79 Å². The van der Waals surface area contributed by atoms with Crippen molar-refractivity contribution >= 4 is 12.1 Å². The number of amides is 1. The first-order valence-electron chi connectivity index (χ1n) is 5.68. The first-order valence-corrected chi connectivity index (χ1v) is 5.68. The van der Waals surface area contributed by atoms with Crippen molar-refractivity contribution in [3.05, 3.63) is 17.7 Å². The maximum atomic E-state index is 11.5. The molecular weight excluding hydrogens is 222 g/mol. The van der Waals surface area contributed by atoms with Crippen molar-refractivity contribution in [2.24, 2.45) is 4.99 Å². The average Bonchev–Trinajstić information content (AvgIpc) is 2.94. The van der Waals surface area contributed by atoms with Crippen LogP contribution in [-0.4, -0.2) is 39.5 Å². The molecule has 90 valence electrons. The van der Waals surface area contributed by atoms with Crippen molar-refractivity contribution in [1.29, 1.82) is 0 Å². The topological polar surface area (TPSA) is 76.7 Å². The lowest BCUT2D eigenvalue weighted by Gasteiger charge is -2.17. The summed E-state index contributed by atoms with van der Waals surface area (Å²) in [5.74, 6) is -0.290. The van der Waals surface area contributed by atoms with Gasteiger partial charge in [0.15, 0.2) is 5.69 Å². The van der Waals surface area contributed by atoms with Crippen LogP contribution in [-0.2, 0) is 11.2 Å². The lowest BCUT2D eigenvalue weighted by atomic mass is 10.2. The number of aromatic nitrogens is 2. The van der Waals surface area contributed by atoms with Crippen molar-refractivity contribution in [3.63, 3.8) is 0 Å². The van der Waals surface area contributed by atoms with Crippen molar-refractivity contribution in [2.45, 2.75) is 31.6 Å². The molecule has 1 aromatic heterocycles. The number of nitrogens with zero attached hydrogens (tertiary/aromatic N) is 3. The van der Waals surface area contributed by atoms with Gasteiger partial charge in [0.2, 0.25) is 0 Å². The number of fused-ring (bicyclic) bond motifs is 1. The number of aliphatic hydroxyl groups excluding tert-OH is 1. The fourth-order valence-electron chi connectivity index (χ4n) is 2.32. The Hall–Kier alpha value is -1.53. The van der Waals surface area contributed by atoms with Gasteiger partial charge >= 0.3 is 0 Å². The Bertz CT molecular complexity index is 480. The minimum Gasteiger partial charge on any atom is -0.394 e. The second-order valence-corrected chi connectivity index (χ2v) is 4.24. The maximum absolute atomic E-state index is 11.5. The molecule has 0 aliphatic carbocycles. The van der Waals surface area contributed by atoms with E-state index in [2.05, 4.69) is 9.98 Å². The summed E-state index contributed by atoms with van der Waals surface area (Å²) in [5.41, 5.74) is 1.28. The molecule has 3 rings (SSSR count). The smallest absolute Gasteiger partial charge is 0.297 e. The number of imidazole rings is 1. The van der Waals surface area contributed by atoms with E-state index in [1.54, 1.807) is 12.5 Å². The molecule has 17 heavy (non-hydrogen) atoms. The van der Waals surface area contributed by atoms with Crippen molar-refractivity contribution in [3.8, 4) is 0 Å². The number of hydrogen-bond acceptors (Lipinski definition) is 4. The van der Waals surface area contributed by atoms with Gasteiger partial charge in [-0.05, 0) is 12.8 Å². The van der Waals surface area contributed by atoms with Crippen LogP contribution in [0.25, 0.3) is 0 Å². The molecule has 0 spiro atoms. The van der Waals surface area contributed by atoms with Gasteiger partial charge < -0.3 is 14.4 Å². The molecule has 0 saturated carbocycles. The second kappa shape index (κ2) is 4.05. The molecule has 0 aromatic carbocycles. The fourth-order valence-corrected chi connectivity index (χ4v) is 2.32. The SMILES string of the molecule is O=C1N=CCc2c1ncn2[C@@H]1CC[C@H](CO)O1. The molecule has 1 aromatic rings. The highest BCUT2D eigenvalue weighted by atomic mass is 16.5. The molecular formula is C11H13N3O3. The van der Waals surface area contributed by atoms with Gasteiger partial charge in [0.1, 0.15) is 6.23 Å². The molecule has 2 aliphatic heterocycles. The third kappa shape index (κ3) is 1.69. The summed E-state index contributed by atoms with van der Waals surface area (Å²) >= 11 is 0. The van der Waals surface area contributed by atoms with E-state index in [1.807, 2.05) is 4.57 Å². The van der Waals surface area contributed by atoms with E-state index in [-0.39, 0.29) is 24.8 Å². The highest BCUT2D eigenvalue weighted by molar-refractivity contribution is 6.01. The third-order valence-corrected chi connectivity index (χ3v) is 3.19. The molecule has 6 heteroatoms. The third-order valence-electron chi connectivity index (χ3n) is 3.19. The van der Waals surface area contributed by atoms with Crippen molar-refractivity contribution in [1.82, 2.24) is 9.55 Å². The van der Waals surface area contributed by atoms with Crippen LogP contribution in [0, 0.1) is 0 Å². The number of ether oxygens (including phenoxy) is 1. The van der Waals surface area contributed by atoms with Crippen molar-refractivity contribution in [2.75, 3.05) is 6.61 Å². The molecule has 1 saturated heterocycles. The number of carbonyl (C=O) groups is 1. The van der Waals surface area contributed by atoms with Gasteiger partial charge in [-0.1, -0.05) is 0 Å². The van der Waals surface area contributed by atoms with Gasteiger partial charge in [0.25, 0.3) is 5.91 Å². The standard InChI is InChI=1S/C11H13N3O3/c15-5-7-1-2-9(17-7)14-6-13-10-8(14)3-4-12-11(10)16/h4,6-7,9,15H,1-3,5H2/t7-,9+/m1/s1. The summed E-state index contributed by atoms with van der Waals surface area (Å²) < 4.78 is 7.56. The Morgan fingerprint density at radius 3 is 3.18 bits per heavy atom. The summed E-state index contributed by atoms with van der Waals surface area (Å²) in [7, 11) is 0. The first kappa shape index (κ1) is 10.6. The zero-order valence-electron chi connectivity index (χ0n) is 9.24. The Morgan fingerprint density at radius 1 is 1.53 bits per heavy atom. The second-order valence-electron chi connectivity index (χ2n) is 4.24. The zero-order chi connectivity index (χ0) is 11.8. The predicted octanol–water partition coefficient (Wildman–Crippen LogP) is 0.320. The van der Waals surface area contributed by atoms with Crippen LogP contribution < -0.4 is 0 Å². The number of aliphatic hydroxyl groups is 1. The highest BCUT2D eigenvalue weighted by Gasteiger charge is 2.30. The van der Waals surface area contributed by atoms with Crippen LogP contribution in [0.3, 0.4) is 0 Å². The lowest BCUT2D eigenvalue weighted by Crippen LogP contribution is -2.17. The van der Waals surface area contributed by atoms with E-state index >= 15 is 0 Å². The lowest BCUT2D eigenvalue weighted by molar-refractivity contribution is -0.0233. The zero-order valence-corrected chi connectivity index (χ0v) is 9.24. The molecule has 0 radical (unpaired) electrons. The van der Waals surface area contributed by atoms with Crippen molar-refractivity contribution < 1.29 is 14.6 Å². The summed E-state index contributed by atoms with van der Waals surface area (Å²) in [4.78, 5) is 19.3. The van der Waals surface area contributed by atoms with Gasteiger partial charge in [-0.2, -0.15) is 0 Å². The normalized spacial score (nSPS) is 27.5. The van der Waals surface area contributed by atoms with E-state index < -0.39 is 0 Å². The van der Waals surface area contributed by atoms with Gasteiger partial charge in [-0.15, -0.1) is 0 Å². The van der Waals surface area contributed by atoms with E-state index in [0.29, 0.717) is 12.1 Å². The highest BCUT2D eigenvalue weighted by Crippen LogP contribution is 2.30. The van der Waals surface area contributed by atoms with Gasteiger partial charge in [0.05, 0.1) is 24.7 Å². The number of aliphatic imine (C=N–C) groups is 1. The van der Waals surface area contributed by atoms with Gasteiger partial charge in [-0.25, -0.2) is 9.98 Å². The minimum absolute atomic E-state index is 0.0355. The molecule has 3 heterocycles. The first-order chi connectivity index (χ1) is 8.29. The molecule has 1 fully saturated rings. The summed E-state index contributed by atoms with van der Waals surface area (Å²) in [6.45, 7) is 0.0355. The van der Waals surface area contributed by atoms with E-state index in [1.165, 1.54) is 0 Å². The van der Waals surface area contributed by atoms with Crippen LogP contribution in [0.15, 0.2) is 11.3 Å². The van der Waals surface area contributed by atoms with Crippen LogP contribution in [0.1, 0.15) is 35.3 Å². The van der Waals surface area contributed by atoms with Gasteiger partial charge in [0, 0.05) is 12.6 Å². The Labute approximate surface area is 97.9 Å². The molecule has 1 N–H and O–H groups in total. The van der Waals surface area contributed by atoms with Crippen LogP contribution >= 0.6 is 0 Å². The molecule has 2 aliphatic rings. The molecule has 0 unspecified atom stereocenters. The van der Waals surface area contributed by atoms with E-state index in [4.69, 9.17) is 9.84 Å². The van der Waals surface area contributed by atoms with Crippen LogP contribution in [0.5, 0.6) is 0 Å². The number of hydrogen-bond donors (Lipinski definition) is 1. The molecule has 2 atom stereocenters. The number of rotatable bonds is 2. The summed E-state index contributed by atoms with van der Waals surface area (Å²) in [6.07, 6.45) is 5.26. The fraction of sp³-hybridized carbons (Fsp3) is 0.545. The molecule has 6 nitrogen and oxygen atoms in total. The summed E-state index contributed by atoms with van der Waals surface area (Å²) in [6, 6.07) is 0. The largest absolute Gasteiger partial charge is 0.394 e. The number of carbonyl (C=O) groups excluding carboxylic acids is 1. The van der Waals surface area contributed by atoms with Crippen LogP contribution in [0.2, 0.25) is 0 Å². The average molecular weight is 235 g/mol.